The van der Waals surface area contributed by atoms with Gasteiger partial charge in [0.25, 0.3) is 0 Å². The molecule has 5 heteroatoms. The second-order valence-corrected chi connectivity index (χ2v) is 4.59. The zero-order valence-electron chi connectivity index (χ0n) is 11.1. The summed E-state index contributed by atoms with van der Waals surface area (Å²) in [5.41, 5.74) is 2.09. The topological polar surface area (TPSA) is 56.7 Å². The molecule has 3 aromatic rings. The SMILES string of the molecule is CCCc1noc(Cn2c(C)nc3ccccc32)n1. The van der Waals surface area contributed by atoms with E-state index in [1.165, 1.54) is 0 Å². The molecular weight excluding hydrogens is 240 g/mol. The number of rotatable bonds is 4. The van der Waals surface area contributed by atoms with Crippen molar-refractivity contribution in [2.45, 2.75) is 33.2 Å². The van der Waals surface area contributed by atoms with Crippen molar-refractivity contribution in [3.05, 3.63) is 41.8 Å². The molecule has 0 N–H and O–H groups in total. The molecule has 0 aliphatic carbocycles. The zero-order chi connectivity index (χ0) is 13.2. The minimum atomic E-state index is 0.572. The Morgan fingerprint density at radius 1 is 1.21 bits per heavy atom. The molecule has 2 aromatic heterocycles. The first-order valence-corrected chi connectivity index (χ1v) is 6.51. The molecule has 0 bridgehead atoms. The van der Waals surface area contributed by atoms with Crippen molar-refractivity contribution in [1.82, 2.24) is 19.7 Å². The van der Waals surface area contributed by atoms with Crippen LogP contribution in [0.5, 0.6) is 0 Å². The Labute approximate surface area is 111 Å². The van der Waals surface area contributed by atoms with Crippen LogP contribution in [0.15, 0.2) is 28.8 Å². The smallest absolute Gasteiger partial charge is 0.246 e. The van der Waals surface area contributed by atoms with E-state index in [2.05, 4.69) is 32.7 Å². The number of fused-ring (bicyclic) bond motifs is 1. The molecule has 0 fully saturated rings. The second kappa shape index (κ2) is 4.84. The predicted octanol–water partition coefficient (Wildman–Crippen LogP) is 2.73. The lowest BCUT2D eigenvalue weighted by Crippen LogP contribution is -2.02. The van der Waals surface area contributed by atoms with Gasteiger partial charge in [0.15, 0.2) is 5.82 Å². The van der Waals surface area contributed by atoms with Crippen LogP contribution < -0.4 is 0 Å². The highest BCUT2D eigenvalue weighted by molar-refractivity contribution is 5.75. The maximum absolute atomic E-state index is 5.28. The lowest BCUT2D eigenvalue weighted by Gasteiger charge is -2.02. The van der Waals surface area contributed by atoms with E-state index in [0.717, 1.165) is 35.5 Å². The molecule has 0 aliphatic heterocycles. The summed E-state index contributed by atoms with van der Waals surface area (Å²) in [6.07, 6.45) is 1.87. The molecule has 0 saturated carbocycles. The summed E-state index contributed by atoms with van der Waals surface area (Å²) in [6.45, 7) is 4.66. The van der Waals surface area contributed by atoms with Crippen LogP contribution in [0.3, 0.4) is 0 Å². The van der Waals surface area contributed by atoms with E-state index < -0.39 is 0 Å². The van der Waals surface area contributed by atoms with Crippen LogP contribution in [0.1, 0.15) is 30.9 Å². The zero-order valence-corrected chi connectivity index (χ0v) is 11.1. The van der Waals surface area contributed by atoms with Crippen LogP contribution >= 0.6 is 0 Å². The standard InChI is InChI=1S/C14H16N4O/c1-3-6-13-16-14(19-17-13)9-18-10(2)15-11-7-4-5-8-12(11)18/h4-5,7-8H,3,6,9H2,1-2H3. The van der Waals surface area contributed by atoms with Gasteiger partial charge in [-0.25, -0.2) is 4.98 Å². The third-order valence-corrected chi connectivity index (χ3v) is 3.12. The van der Waals surface area contributed by atoms with Crippen LogP contribution in [0.25, 0.3) is 11.0 Å². The Morgan fingerprint density at radius 2 is 2.05 bits per heavy atom. The molecule has 0 amide bonds. The molecule has 0 aliphatic rings. The van der Waals surface area contributed by atoms with Gasteiger partial charge in [-0.05, 0) is 25.5 Å². The molecule has 3 rings (SSSR count). The maximum atomic E-state index is 5.28. The summed E-state index contributed by atoms with van der Waals surface area (Å²) in [5.74, 6) is 2.37. The van der Waals surface area contributed by atoms with Gasteiger partial charge in [0.05, 0.1) is 11.0 Å². The van der Waals surface area contributed by atoms with Crippen molar-refractivity contribution >= 4 is 11.0 Å². The normalized spacial score (nSPS) is 11.3. The number of nitrogens with zero attached hydrogens (tertiary/aromatic N) is 4. The highest BCUT2D eigenvalue weighted by Crippen LogP contribution is 2.16. The number of hydrogen-bond donors (Lipinski definition) is 0. The van der Waals surface area contributed by atoms with Crippen LogP contribution in [-0.2, 0) is 13.0 Å². The van der Waals surface area contributed by atoms with Crippen LogP contribution in [0.4, 0.5) is 0 Å². The molecule has 0 atom stereocenters. The number of imidazole rings is 1. The highest BCUT2D eigenvalue weighted by atomic mass is 16.5. The van der Waals surface area contributed by atoms with Crippen molar-refractivity contribution in [2.75, 3.05) is 0 Å². The maximum Gasteiger partial charge on any atom is 0.246 e. The summed E-state index contributed by atoms with van der Waals surface area (Å²) >= 11 is 0. The van der Waals surface area contributed by atoms with Gasteiger partial charge in [0.2, 0.25) is 5.89 Å². The van der Waals surface area contributed by atoms with Crippen LogP contribution in [-0.4, -0.2) is 19.7 Å². The summed E-state index contributed by atoms with van der Waals surface area (Å²) in [6, 6.07) is 8.06. The van der Waals surface area contributed by atoms with E-state index in [1.807, 2.05) is 25.1 Å². The Kier molecular flexibility index (Phi) is 3.03. The largest absolute Gasteiger partial charge is 0.337 e. The van der Waals surface area contributed by atoms with E-state index in [-0.39, 0.29) is 0 Å². The quantitative estimate of drug-likeness (QED) is 0.720. The van der Waals surface area contributed by atoms with Gasteiger partial charge < -0.3 is 9.09 Å². The van der Waals surface area contributed by atoms with Gasteiger partial charge in [0.1, 0.15) is 12.4 Å². The molecule has 0 radical (unpaired) electrons. The molecule has 0 saturated heterocycles. The molecule has 5 nitrogen and oxygen atoms in total. The Hall–Kier alpha value is -2.17. The minimum Gasteiger partial charge on any atom is -0.337 e. The van der Waals surface area contributed by atoms with Crippen LogP contribution in [0.2, 0.25) is 0 Å². The van der Waals surface area contributed by atoms with Crippen molar-refractivity contribution < 1.29 is 4.52 Å². The number of benzene rings is 1. The van der Waals surface area contributed by atoms with Crippen molar-refractivity contribution in [1.29, 1.82) is 0 Å². The summed E-state index contributed by atoms with van der Waals surface area (Å²) in [4.78, 5) is 8.92. The monoisotopic (exact) mass is 256 g/mol. The van der Waals surface area contributed by atoms with Crippen molar-refractivity contribution in [3.8, 4) is 0 Å². The molecule has 0 unspecified atom stereocenters. The van der Waals surface area contributed by atoms with E-state index in [1.54, 1.807) is 0 Å². The highest BCUT2D eigenvalue weighted by Gasteiger charge is 2.11. The predicted molar refractivity (Wildman–Crippen MR) is 71.9 cm³/mol. The first-order valence-electron chi connectivity index (χ1n) is 6.51. The summed E-state index contributed by atoms with van der Waals surface area (Å²) in [7, 11) is 0. The summed E-state index contributed by atoms with van der Waals surface area (Å²) in [5, 5.41) is 3.98. The van der Waals surface area contributed by atoms with Crippen LogP contribution in [0, 0.1) is 6.92 Å². The lowest BCUT2D eigenvalue weighted by molar-refractivity contribution is 0.366. The van der Waals surface area contributed by atoms with Gasteiger partial charge in [-0.3, -0.25) is 0 Å². The van der Waals surface area contributed by atoms with E-state index in [0.29, 0.717) is 12.4 Å². The van der Waals surface area contributed by atoms with Gasteiger partial charge in [-0.2, -0.15) is 4.98 Å². The van der Waals surface area contributed by atoms with Gasteiger partial charge in [-0.1, -0.05) is 24.2 Å². The van der Waals surface area contributed by atoms with E-state index >= 15 is 0 Å². The molecule has 2 heterocycles. The fraction of sp³-hybridized carbons (Fsp3) is 0.357. The third-order valence-electron chi connectivity index (χ3n) is 3.12. The molecule has 98 valence electrons. The average molecular weight is 256 g/mol. The van der Waals surface area contributed by atoms with E-state index in [4.69, 9.17) is 4.52 Å². The van der Waals surface area contributed by atoms with Crippen molar-refractivity contribution in [2.24, 2.45) is 0 Å². The number of aromatic nitrogens is 4. The fourth-order valence-electron chi connectivity index (χ4n) is 2.21. The third kappa shape index (κ3) is 2.23. The molecular formula is C14H16N4O. The van der Waals surface area contributed by atoms with Gasteiger partial charge in [-0.15, -0.1) is 0 Å². The number of para-hydroxylation sites is 2. The Balaban J connectivity index is 1.93. The Morgan fingerprint density at radius 3 is 2.89 bits per heavy atom. The first kappa shape index (κ1) is 11.9. The Bertz CT molecular complexity index is 698. The number of hydrogen-bond acceptors (Lipinski definition) is 4. The first-order chi connectivity index (χ1) is 9.28. The minimum absolute atomic E-state index is 0.572. The summed E-state index contributed by atoms with van der Waals surface area (Å²) < 4.78 is 7.38. The average Bonchev–Trinajstić information content (AvgIpc) is 2.96. The van der Waals surface area contributed by atoms with Crippen molar-refractivity contribution in [3.63, 3.8) is 0 Å². The lowest BCUT2D eigenvalue weighted by atomic mass is 10.3. The number of aryl methyl sites for hydroxylation is 2. The van der Waals surface area contributed by atoms with Gasteiger partial charge in [0, 0.05) is 6.42 Å². The second-order valence-electron chi connectivity index (χ2n) is 4.59. The molecule has 0 spiro atoms. The van der Waals surface area contributed by atoms with E-state index in [9.17, 15) is 0 Å². The molecule has 1 aromatic carbocycles. The fourth-order valence-corrected chi connectivity index (χ4v) is 2.21. The molecule has 19 heavy (non-hydrogen) atoms. The van der Waals surface area contributed by atoms with Gasteiger partial charge >= 0.3 is 0 Å².